The SMILES string of the molecule is CCCCCCCCC=CCOC(=O)C1C2C=CC(C2)C1C(=O)OCC=CCCCCCCCC. The molecule has 198 valence electrons. The van der Waals surface area contributed by atoms with Crippen molar-refractivity contribution in [1.82, 2.24) is 0 Å². The first kappa shape index (κ1) is 29.4. The van der Waals surface area contributed by atoms with Crippen molar-refractivity contribution in [2.45, 2.75) is 110 Å². The molecule has 1 saturated carbocycles. The molecule has 0 aromatic heterocycles. The number of unbranched alkanes of at least 4 members (excludes halogenated alkanes) is 12. The van der Waals surface area contributed by atoms with Gasteiger partial charge in [-0.3, -0.25) is 9.59 Å². The first-order valence-electron chi connectivity index (χ1n) is 14.5. The third-order valence-electron chi connectivity index (χ3n) is 7.43. The average molecular weight is 487 g/mol. The van der Waals surface area contributed by atoms with Crippen LogP contribution in [0.3, 0.4) is 0 Å². The fourth-order valence-corrected chi connectivity index (χ4v) is 5.37. The van der Waals surface area contributed by atoms with Gasteiger partial charge >= 0.3 is 11.9 Å². The molecule has 0 radical (unpaired) electrons. The standard InChI is InChI=1S/C31H50O4/c1-3-5-7-9-11-13-15-17-19-23-34-30(32)28-26-21-22-27(25-26)29(28)31(33)35-24-20-18-16-14-12-10-8-6-4-2/h17-22,26-29H,3-16,23-25H2,1-2H3. The fourth-order valence-electron chi connectivity index (χ4n) is 5.37. The van der Waals surface area contributed by atoms with E-state index in [2.05, 4.69) is 38.2 Å². The van der Waals surface area contributed by atoms with Crippen LogP contribution in [-0.2, 0) is 19.1 Å². The van der Waals surface area contributed by atoms with E-state index < -0.39 is 11.8 Å². The molecule has 0 N–H and O–H groups in total. The van der Waals surface area contributed by atoms with Crippen molar-refractivity contribution in [3.63, 3.8) is 0 Å². The molecule has 1 fully saturated rings. The Kier molecular flexibility index (Phi) is 15.5. The van der Waals surface area contributed by atoms with Gasteiger partial charge in [-0.25, -0.2) is 0 Å². The van der Waals surface area contributed by atoms with E-state index in [-0.39, 0.29) is 37.0 Å². The molecule has 35 heavy (non-hydrogen) atoms. The monoisotopic (exact) mass is 486 g/mol. The van der Waals surface area contributed by atoms with Gasteiger partial charge in [0.1, 0.15) is 13.2 Å². The number of hydrogen-bond acceptors (Lipinski definition) is 4. The zero-order valence-electron chi connectivity index (χ0n) is 22.4. The van der Waals surface area contributed by atoms with Gasteiger partial charge in [0.2, 0.25) is 0 Å². The molecule has 2 bridgehead atoms. The van der Waals surface area contributed by atoms with Crippen LogP contribution in [-0.4, -0.2) is 25.2 Å². The van der Waals surface area contributed by atoms with E-state index in [1.165, 1.54) is 77.0 Å². The number of carbonyl (C=O) groups is 2. The van der Waals surface area contributed by atoms with Crippen LogP contribution >= 0.6 is 0 Å². The minimum atomic E-state index is -0.406. The summed E-state index contributed by atoms with van der Waals surface area (Å²) in [6.07, 6.45) is 30.5. The third kappa shape index (κ3) is 11.2. The topological polar surface area (TPSA) is 52.6 Å². The highest BCUT2D eigenvalue weighted by Crippen LogP contribution is 2.49. The van der Waals surface area contributed by atoms with E-state index in [0.29, 0.717) is 0 Å². The van der Waals surface area contributed by atoms with Gasteiger partial charge < -0.3 is 9.47 Å². The zero-order chi connectivity index (χ0) is 25.1. The molecule has 0 amide bonds. The lowest BCUT2D eigenvalue weighted by Gasteiger charge is -2.24. The zero-order valence-corrected chi connectivity index (χ0v) is 22.4. The van der Waals surface area contributed by atoms with E-state index in [1.54, 1.807) is 0 Å². The van der Waals surface area contributed by atoms with Crippen molar-refractivity contribution in [1.29, 1.82) is 0 Å². The van der Waals surface area contributed by atoms with Crippen molar-refractivity contribution in [2.24, 2.45) is 23.7 Å². The van der Waals surface area contributed by atoms with Crippen molar-refractivity contribution in [2.75, 3.05) is 13.2 Å². The molecule has 4 unspecified atom stereocenters. The van der Waals surface area contributed by atoms with Gasteiger partial charge in [-0.1, -0.05) is 115 Å². The summed E-state index contributed by atoms with van der Waals surface area (Å²) in [4.78, 5) is 25.6. The first-order valence-corrected chi connectivity index (χ1v) is 14.5. The average Bonchev–Trinajstić information content (AvgIpc) is 3.48. The maximum absolute atomic E-state index is 12.8. The van der Waals surface area contributed by atoms with E-state index in [0.717, 1.165) is 19.3 Å². The normalized spacial score (nSPS) is 23.0. The molecule has 0 heterocycles. The number of fused-ring (bicyclic) bond motifs is 2. The Morgan fingerprint density at radius 1 is 0.629 bits per heavy atom. The van der Waals surface area contributed by atoms with Gasteiger partial charge in [0.05, 0.1) is 11.8 Å². The van der Waals surface area contributed by atoms with Crippen LogP contribution in [0.1, 0.15) is 110 Å². The van der Waals surface area contributed by atoms with Crippen LogP contribution in [0.25, 0.3) is 0 Å². The summed E-state index contributed by atoms with van der Waals surface area (Å²) >= 11 is 0. The number of esters is 2. The smallest absolute Gasteiger partial charge is 0.310 e. The molecule has 4 nitrogen and oxygen atoms in total. The maximum Gasteiger partial charge on any atom is 0.310 e. The fraction of sp³-hybridized carbons (Fsp3) is 0.742. The highest BCUT2D eigenvalue weighted by Gasteiger charge is 2.53. The molecular weight excluding hydrogens is 436 g/mol. The van der Waals surface area contributed by atoms with Crippen molar-refractivity contribution in [3.8, 4) is 0 Å². The molecule has 2 aliphatic rings. The maximum atomic E-state index is 12.8. The third-order valence-corrected chi connectivity index (χ3v) is 7.43. The predicted molar refractivity (Wildman–Crippen MR) is 144 cm³/mol. The summed E-state index contributed by atoms with van der Waals surface area (Å²) in [6.45, 7) is 5.04. The second-order valence-corrected chi connectivity index (χ2v) is 10.3. The van der Waals surface area contributed by atoms with Crippen molar-refractivity contribution >= 4 is 11.9 Å². The summed E-state index contributed by atoms with van der Waals surface area (Å²) in [5, 5.41) is 0. The van der Waals surface area contributed by atoms with E-state index in [9.17, 15) is 9.59 Å². The molecule has 2 aliphatic carbocycles. The number of rotatable bonds is 20. The van der Waals surface area contributed by atoms with Crippen molar-refractivity contribution in [3.05, 3.63) is 36.5 Å². The Balaban J connectivity index is 1.64. The number of ether oxygens (including phenoxy) is 2. The highest BCUT2D eigenvalue weighted by molar-refractivity contribution is 5.84. The lowest BCUT2D eigenvalue weighted by molar-refractivity contribution is -0.160. The largest absolute Gasteiger partial charge is 0.461 e. The van der Waals surface area contributed by atoms with Gasteiger partial charge in [-0.2, -0.15) is 0 Å². The van der Waals surface area contributed by atoms with Crippen LogP contribution in [0.2, 0.25) is 0 Å². The van der Waals surface area contributed by atoms with E-state index >= 15 is 0 Å². The second kappa shape index (κ2) is 18.4. The molecular formula is C31H50O4. The number of hydrogen-bond donors (Lipinski definition) is 0. The Morgan fingerprint density at radius 3 is 1.46 bits per heavy atom. The minimum absolute atomic E-state index is 0.0976. The van der Waals surface area contributed by atoms with Crippen molar-refractivity contribution < 1.29 is 19.1 Å². The Hall–Kier alpha value is -1.84. The number of allylic oxidation sites excluding steroid dienone is 4. The lowest BCUT2D eigenvalue weighted by atomic mass is 9.83. The van der Waals surface area contributed by atoms with Gasteiger partial charge in [-0.05, 0) is 43.9 Å². The summed E-state index contributed by atoms with van der Waals surface area (Å²) < 4.78 is 11.1. The van der Waals surface area contributed by atoms with Crippen LogP contribution in [0.5, 0.6) is 0 Å². The van der Waals surface area contributed by atoms with Gasteiger partial charge in [0.15, 0.2) is 0 Å². The summed E-state index contributed by atoms with van der Waals surface area (Å²) in [5.41, 5.74) is 0. The second-order valence-electron chi connectivity index (χ2n) is 10.3. The van der Waals surface area contributed by atoms with Gasteiger partial charge in [0.25, 0.3) is 0 Å². The Labute approximate surface area is 214 Å². The quantitative estimate of drug-likeness (QED) is 0.0990. The molecule has 0 spiro atoms. The molecule has 2 rings (SSSR count). The summed E-state index contributed by atoms with van der Waals surface area (Å²) in [7, 11) is 0. The van der Waals surface area contributed by atoms with Crippen LogP contribution < -0.4 is 0 Å². The summed E-state index contributed by atoms with van der Waals surface area (Å²) in [5.74, 6) is -1.13. The van der Waals surface area contributed by atoms with Crippen LogP contribution in [0.4, 0.5) is 0 Å². The van der Waals surface area contributed by atoms with Gasteiger partial charge in [-0.15, -0.1) is 0 Å². The molecule has 0 aliphatic heterocycles. The Morgan fingerprint density at radius 2 is 1.03 bits per heavy atom. The minimum Gasteiger partial charge on any atom is -0.461 e. The van der Waals surface area contributed by atoms with Crippen LogP contribution in [0.15, 0.2) is 36.5 Å². The van der Waals surface area contributed by atoms with E-state index in [1.807, 2.05) is 12.2 Å². The molecule has 4 atom stereocenters. The number of carbonyl (C=O) groups excluding carboxylic acids is 2. The lowest BCUT2D eigenvalue weighted by Crippen LogP contribution is -2.35. The first-order chi connectivity index (χ1) is 17.2. The predicted octanol–water partition coefficient (Wildman–Crippen LogP) is 8.12. The van der Waals surface area contributed by atoms with Crippen LogP contribution in [0, 0.1) is 23.7 Å². The highest BCUT2D eigenvalue weighted by atomic mass is 16.5. The summed E-state index contributed by atoms with van der Waals surface area (Å²) in [6, 6.07) is 0. The molecule has 0 saturated heterocycles. The van der Waals surface area contributed by atoms with Gasteiger partial charge in [0, 0.05) is 0 Å². The molecule has 0 aromatic rings. The molecule has 0 aromatic carbocycles. The Bertz CT molecular complexity index is 621. The molecule has 4 heteroatoms. The van der Waals surface area contributed by atoms with E-state index in [4.69, 9.17) is 9.47 Å².